The molecule has 19 heteroatoms. The largest absolute Gasteiger partial charge is 0.465 e. The zero-order valence-electron chi connectivity index (χ0n) is 63.4. The fourth-order valence-corrected chi connectivity index (χ4v) is 19.4. The van der Waals surface area contributed by atoms with Gasteiger partial charge in [0.05, 0.1) is 59.1 Å². The summed E-state index contributed by atoms with van der Waals surface area (Å²) in [5.41, 5.74) is 16.3. The second-order valence-corrected chi connectivity index (χ2v) is 31.1. The fourth-order valence-electron chi connectivity index (χ4n) is 19.4. The molecule has 3 radical (unpaired) electrons. The second-order valence-electron chi connectivity index (χ2n) is 31.1. The van der Waals surface area contributed by atoms with Crippen molar-refractivity contribution in [3.8, 4) is 33.8 Å². The zero-order valence-corrected chi connectivity index (χ0v) is 70.6. The van der Waals surface area contributed by atoms with Crippen molar-refractivity contribution in [1.29, 1.82) is 0 Å². The Bertz CT molecular complexity index is 6320. The number of pyridine rings is 3. The van der Waals surface area contributed by atoms with Crippen LogP contribution in [0.5, 0.6) is 0 Å². The number of carbonyl (C=O) groups is 8. The standard InChI is InChI=1S/C33H25N2O4.C33H29N2O2.C31H25N2O4.3Ir/c36-26-14-6-15-27(37)31(26)22-11-5-12-23(32-28(38)16-7-17-29(32)39)30(22)25-18-34-33-21-10-2-1-8-19(21)20-9-3-4-13-24(20)35(25)33;36-23-16-12-21(13-17-23)25-9-5-10-26(22-14-18-24(37)19-15-22)32(25)31-20-34-33-29-8-2-1-6-27(29)28-7-3-4-11-30(28)35(31)33;34-30-24(13-6-16-36-30)21-11-5-12-22(25-14-7-17-37-31(25)35)28(21)27-18-32-29-23-10-2-1-8-19(23)20-9-3-4-15-26(20)33(27)29;;;/h1-5,8-9,11-13,18,31-32H,6-7,14-17H2;1-7,9-11,20-22H,12-19H2;1-5,8-9,11-12,15,18,24-25H,6-7,13-14,16-17H2;;;/q3*-1;;;. The van der Waals surface area contributed by atoms with Gasteiger partial charge in [-0.1, -0.05) is 125 Å². The van der Waals surface area contributed by atoms with Crippen LogP contribution < -0.4 is 0 Å². The van der Waals surface area contributed by atoms with Crippen molar-refractivity contribution in [1.82, 2.24) is 28.2 Å². The maximum absolute atomic E-state index is 13.2. The van der Waals surface area contributed by atoms with Crippen molar-refractivity contribution >= 4 is 129 Å². The predicted molar refractivity (Wildman–Crippen MR) is 435 cm³/mol. The number of nitrogens with zero attached hydrogens (tertiary/aromatic N) is 6. The van der Waals surface area contributed by atoms with Gasteiger partial charge in [-0.3, -0.25) is 53.3 Å². The van der Waals surface area contributed by atoms with E-state index in [4.69, 9.17) is 24.4 Å². The Hall–Kier alpha value is -10.5. The Morgan fingerprint density at radius 2 is 0.612 bits per heavy atom. The average Bonchev–Trinajstić information content (AvgIpc) is 1.53. The van der Waals surface area contributed by atoms with Crippen LogP contribution in [0.1, 0.15) is 184 Å². The van der Waals surface area contributed by atoms with Crippen LogP contribution in [0.25, 0.3) is 116 Å². The van der Waals surface area contributed by atoms with Gasteiger partial charge >= 0.3 is 11.9 Å². The first-order valence-electron chi connectivity index (χ1n) is 39.9. The number of benzene rings is 9. The number of hydrogen-bond donors (Lipinski definition) is 0. The number of Topliss-reactive ketones (excluding diaryl/α,β-unsaturated/α-hetero) is 6. The Morgan fingerprint density at radius 1 is 0.310 bits per heavy atom. The van der Waals surface area contributed by atoms with Crippen LogP contribution in [0.4, 0.5) is 0 Å². The molecule has 21 rings (SSSR count). The number of esters is 2. The van der Waals surface area contributed by atoms with E-state index in [9.17, 15) is 38.4 Å². The third kappa shape index (κ3) is 14.0. The molecule has 0 spiro atoms. The van der Waals surface area contributed by atoms with E-state index >= 15 is 0 Å². The molecule has 15 aromatic rings. The van der Waals surface area contributed by atoms with Crippen molar-refractivity contribution in [3.05, 3.63) is 252 Å². The molecule has 0 amide bonds. The van der Waals surface area contributed by atoms with E-state index in [2.05, 4.69) is 93.7 Å². The molecule has 2 unspecified atom stereocenters. The van der Waals surface area contributed by atoms with Crippen molar-refractivity contribution in [2.75, 3.05) is 13.2 Å². The third-order valence-electron chi connectivity index (χ3n) is 24.6. The second kappa shape index (κ2) is 33.6. The first-order chi connectivity index (χ1) is 55.4. The zero-order chi connectivity index (χ0) is 76.5. The van der Waals surface area contributed by atoms with Gasteiger partial charge in [0.1, 0.15) is 46.5 Å². The molecule has 6 aliphatic rings. The van der Waals surface area contributed by atoms with Gasteiger partial charge in [-0.05, 0) is 144 Å². The van der Waals surface area contributed by atoms with Gasteiger partial charge in [0, 0.05) is 164 Å². The monoisotopic (exact) mass is 2070 g/mol. The Morgan fingerprint density at radius 3 is 0.957 bits per heavy atom. The Balaban J connectivity index is 0.000000129. The van der Waals surface area contributed by atoms with Crippen LogP contribution in [0, 0.1) is 18.2 Å². The third-order valence-corrected chi connectivity index (χ3v) is 24.6. The SMILES string of the molecule is O=C1CCC(c2cccc(C3CCC(=O)CC3)c2-c2cnc3c4[c-]cccc4c4ccccc4n23)CC1.O=C1CCCC(=O)C1c1cccc(C2C(=O)CCCC2=O)c1-c1cnc2c3[c-]cccc3c3ccccc3n12.O=C1OCCCC1c1cccc(C2CCCOC2=O)c1-c1cnc2c3[c-]cccc3c3ccccc3n12.[Ir].[Ir].[Ir]. The number of aromatic nitrogens is 6. The van der Waals surface area contributed by atoms with Gasteiger partial charge in [-0.15, -0.1) is 89.0 Å². The Kier molecular flexibility index (Phi) is 23.0. The summed E-state index contributed by atoms with van der Waals surface area (Å²) in [4.78, 5) is 118. The van der Waals surface area contributed by atoms with E-state index in [0.29, 0.717) is 142 Å². The first-order valence-corrected chi connectivity index (χ1v) is 39.9. The van der Waals surface area contributed by atoms with E-state index in [1.807, 2.05) is 114 Å². The van der Waals surface area contributed by atoms with Crippen molar-refractivity contribution in [2.45, 2.75) is 151 Å². The van der Waals surface area contributed by atoms with E-state index in [1.54, 1.807) is 24.4 Å². The molecule has 2 aliphatic heterocycles. The summed E-state index contributed by atoms with van der Waals surface area (Å²) < 4.78 is 17.5. The summed E-state index contributed by atoms with van der Waals surface area (Å²) >= 11 is 0. The summed E-state index contributed by atoms with van der Waals surface area (Å²) in [6, 6.07) is 71.0. The molecule has 0 N–H and O–H groups in total. The minimum absolute atomic E-state index is 0. The van der Waals surface area contributed by atoms with E-state index < -0.39 is 23.7 Å². The Labute approximate surface area is 709 Å². The van der Waals surface area contributed by atoms with Crippen molar-refractivity contribution in [2.24, 2.45) is 0 Å². The number of rotatable bonds is 9. The number of carbonyl (C=O) groups excluding carboxylic acids is 8. The average molecular weight is 2070 g/mol. The number of hydrogen-bond acceptors (Lipinski definition) is 13. The minimum atomic E-state index is -0.925. The van der Waals surface area contributed by atoms with Crippen LogP contribution in [0.15, 0.2) is 201 Å². The predicted octanol–water partition coefficient (Wildman–Crippen LogP) is 19.4. The molecule has 116 heavy (non-hydrogen) atoms. The number of fused-ring (bicyclic) bond motifs is 18. The molecular weight excluding hydrogens is 1990 g/mol. The molecule has 4 saturated carbocycles. The quantitative estimate of drug-likeness (QED) is 0.0571. The van der Waals surface area contributed by atoms with E-state index in [-0.39, 0.29) is 95.4 Å². The van der Waals surface area contributed by atoms with Gasteiger partial charge in [0.2, 0.25) is 0 Å². The fraction of sp³-hybridized carbons (Fsp3) is 0.268. The van der Waals surface area contributed by atoms with E-state index in [1.165, 1.54) is 22.1 Å². The number of ether oxygens (including phenoxy) is 2. The van der Waals surface area contributed by atoms with Crippen molar-refractivity contribution in [3.63, 3.8) is 0 Å². The van der Waals surface area contributed by atoms with Crippen LogP contribution in [0.3, 0.4) is 0 Å². The molecule has 8 heterocycles. The van der Waals surface area contributed by atoms with Gasteiger partial charge in [-0.25, -0.2) is 0 Å². The molecule has 2 saturated heterocycles. The van der Waals surface area contributed by atoms with E-state index in [0.717, 1.165) is 138 Å². The smallest absolute Gasteiger partial charge is 0.313 e. The summed E-state index contributed by atoms with van der Waals surface area (Å²) in [5, 5.41) is 9.35. The van der Waals surface area contributed by atoms with Gasteiger partial charge in [0.25, 0.3) is 0 Å². The molecule has 587 valence electrons. The summed E-state index contributed by atoms with van der Waals surface area (Å²) in [6.07, 6.45) is 17.3. The molecule has 9 aromatic carbocycles. The number of cyclic esters (lactones) is 2. The molecule has 4 aliphatic carbocycles. The minimum Gasteiger partial charge on any atom is -0.465 e. The molecule has 6 fully saturated rings. The normalized spacial score (nSPS) is 18.1. The van der Waals surface area contributed by atoms with Gasteiger partial charge in [-0.2, -0.15) is 0 Å². The maximum Gasteiger partial charge on any atom is 0.313 e. The molecular formula is C97H79Ir3N6O10-3. The van der Waals surface area contributed by atoms with Crippen molar-refractivity contribution < 1.29 is 108 Å². The topological polar surface area (TPSA) is 207 Å². The summed E-state index contributed by atoms with van der Waals surface area (Å²) in [7, 11) is 0. The van der Waals surface area contributed by atoms with Crippen LogP contribution in [-0.2, 0) is 108 Å². The maximum atomic E-state index is 13.2. The number of imidazole rings is 3. The molecule has 2 atom stereocenters. The number of ketones is 6. The molecule has 16 nitrogen and oxygen atoms in total. The van der Waals surface area contributed by atoms with Gasteiger partial charge < -0.3 is 22.7 Å². The molecule has 0 bridgehead atoms. The van der Waals surface area contributed by atoms with Gasteiger partial charge in [0.15, 0.2) is 0 Å². The summed E-state index contributed by atoms with van der Waals surface area (Å²) in [6.45, 7) is 0.892. The summed E-state index contributed by atoms with van der Waals surface area (Å²) in [5.74, 6) is -2.11. The number of para-hydroxylation sites is 3. The van der Waals surface area contributed by atoms with Crippen LogP contribution >= 0.6 is 0 Å². The molecule has 6 aromatic heterocycles. The first kappa shape index (κ1) is 79.4. The van der Waals surface area contributed by atoms with Crippen LogP contribution in [-0.4, -0.2) is 88.0 Å². The van der Waals surface area contributed by atoms with Crippen LogP contribution in [0.2, 0.25) is 0 Å².